The SMILES string of the molecule is CC1CN([C@@H]2CCCC[C@H]2O)CC(CO)O1. The summed E-state index contributed by atoms with van der Waals surface area (Å²) >= 11 is 0. The van der Waals surface area contributed by atoms with E-state index in [9.17, 15) is 10.2 Å². The topological polar surface area (TPSA) is 52.9 Å². The third-order valence-corrected chi connectivity index (χ3v) is 3.72. The molecular weight excluding hydrogens is 206 g/mol. The van der Waals surface area contributed by atoms with Gasteiger partial charge < -0.3 is 14.9 Å². The number of aliphatic hydroxyl groups excluding tert-OH is 2. The van der Waals surface area contributed by atoms with Gasteiger partial charge in [-0.2, -0.15) is 0 Å². The van der Waals surface area contributed by atoms with Gasteiger partial charge in [-0.3, -0.25) is 4.90 Å². The van der Waals surface area contributed by atoms with E-state index in [-0.39, 0.29) is 31.0 Å². The number of nitrogens with zero attached hydrogens (tertiary/aromatic N) is 1. The van der Waals surface area contributed by atoms with Crippen LogP contribution >= 0.6 is 0 Å². The fourth-order valence-corrected chi connectivity index (χ4v) is 2.97. The second-order valence-electron chi connectivity index (χ2n) is 5.12. The van der Waals surface area contributed by atoms with Gasteiger partial charge in [-0.25, -0.2) is 0 Å². The number of ether oxygens (including phenoxy) is 1. The van der Waals surface area contributed by atoms with Crippen LogP contribution in [0.25, 0.3) is 0 Å². The van der Waals surface area contributed by atoms with E-state index in [1.54, 1.807) is 0 Å². The number of hydrogen-bond acceptors (Lipinski definition) is 4. The Morgan fingerprint density at radius 2 is 2.00 bits per heavy atom. The monoisotopic (exact) mass is 229 g/mol. The summed E-state index contributed by atoms with van der Waals surface area (Å²) in [6, 6.07) is 0.272. The molecule has 0 radical (unpaired) electrons. The molecule has 4 nitrogen and oxygen atoms in total. The third-order valence-electron chi connectivity index (χ3n) is 3.72. The van der Waals surface area contributed by atoms with Crippen molar-refractivity contribution in [1.82, 2.24) is 4.90 Å². The molecular formula is C12H23NO3. The average molecular weight is 229 g/mol. The molecule has 1 aliphatic carbocycles. The lowest BCUT2D eigenvalue weighted by Gasteiger charge is -2.43. The summed E-state index contributed by atoms with van der Waals surface area (Å²) in [7, 11) is 0. The Hall–Kier alpha value is -0.160. The molecule has 4 heteroatoms. The van der Waals surface area contributed by atoms with Crippen molar-refractivity contribution >= 4 is 0 Å². The zero-order valence-corrected chi connectivity index (χ0v) is 10.0. The van der Waals surface area contributed by atoms with E-state index in [0.29, 0.717) is 0 Å². The molecule has 94 valence electrons. The van der Waals surface area contributed by atoms with Crippen LogP contribution in [0.4, 0.5) is 0 Å². The van der Waals surface area contributed by atoms with Crippen molar-refractivity contribution in [2.24, 2.45) is 0 Å². The molecule has 4 atom stereocenters. The number of aliphatic hydroxyl groups is 2. The molecule has 1 saturated heterocycles. The maximum Gasteiger partial charge on any atom is 0.0936 e. The molecule has 0 aromatic rings. The second-order valence-corrected chi connectivity index (χ2v) is 5.12. The molecule has 0 spiro atoms. The van der Waals surface area contributed by atoms with Gasteiger partial charge in [0.15, 0.2) is 0 Å². The Kier molecular flexibility index (Phi) is 4.19. The molecule has 2 aliphatic rings. The van der Waals surface area contributed by atoms with Crippen LogP contribution in [0, 0.1) is 0 Å². The van der Waals surface area contributed by atoms with E-state index >= 15 is 0 Å². The summed E-state index contributed by atoms with van der Waals surface area (Å²) in [5, 5.41) is 19.2. The molecule has 2 N–H and O–H groups in total. The first kappa shape index (κ1) is 12.3. The highest BCUT2D eigenvalue weighted by Gasteiger charge is 2.34. The molecule has 0 amide bonds. The molecule has 1 saturated carbocycles. The standard InChI is InChI=1S/C12H23NO3/c1-9-6-13(7-10(8-14)16-9)11-4-2-3-5-12(11)15/h9-12,14-15H,2-8H2,1H3/t9?,10?,11-,12-/m1/s1. The van der Waals surface area contributed by atoms with Crippen LogP contribution in [0.5, 0.6) is 0 Å². The van der Waals surface area contributed by atoms with Crippen molar-refractivity contribution in [3.63, 3.8) is 0 Å². The van der Waals surface area contributed by atoms with Gasteiger partial charge in [-0.1, -0.05) is 12.8 Å². The van der Waals surface area contributed by atoms with Crippen molar-refractivity contribution in [3.8, 4) is 0 Å². The summed E-state index contributed by atoms with van der Waals surface area (Å²) in [6.45, 7) is 3.73. The Morgan fingerprint density at radius 3 is 2.69 bits per heavy atom. The van der Waals surface area contributed by atoms with Gasteiger partial charge in [-0.05, 0) is 19.8 Å². The Bertz CT molecular complexity index is 224. The van der Waals surface area contributed by atoms with Gasteiger partial charge in [0.25, 0.3) is 0 Å². The smallest absolute Gasteiger partial charge is 0.0936 e. The van der Waals surface area contributed by atoms with E-state index in [0.717, 1.165) is 32.4 Å². The summed E-state index contributed by atoms with van der Waals surface area (Å²) in [5.74, 6) is 0. The molecule has 2 rings (SSSR count). The van der Waals surface area contributed by atoms with Gasteiger partial charge in [0.2, 0.25) is 0 Å². The maximum atomic E-state index is 10.0. The van der Waals surface area contributed by atoms with E-state index < -0.39 is 0 Å². The minimum Gasteiger partial charge on any atom is -0.394 e. The number of morpholine rings is 1. The average Bonchev–Trinajstić information content (AvgIpc) is 2.28. The van der Waals surface area contributed by atoms with Gasteiger partial charge in [0.1, 0.15) is 0 Å². The van der Waals surface area contributed by atoms with E-state index in [1.807, 2.05) is 6.92 Å². The van der Waals surface area contributed by atoms with Crippen LogP contribution in [-0.4, -0.2) is 59.2 Å². The Morgan fingerprint density at radius 1 is 1.25 bits per heavy atom. The summed E-state index contributed by atoms with van der Waals surface area (Å²) in [4.78, 5) is 2.30. The normalized spacial score (nSPS) is 42.2. The lowest BCUT2D eigenvalue weighted by atomic mass is 9.90. The Balaban J connectivity index is 1.96. The van der Waals surface area contributed by atoms with Crippen LogP contribution in [0.1, 0.15) is 32.6 Å². The highest BCUT2D eigenvalue weighted by Crippen LogP contribution is 2.25. The van der Waals surface area contributed by atoms with Crippen molar-refractivity contribution in [2.45, 2.75) is 57.0 Å². The van der Waals surface area contributed by atoms with Gasteiger partial charge in [-0.15, -0.1) is 0 Å². The lowest BCUT2D eigenvalue weighted by molar-refractivity contribution is -0.121. The van der Waals surface area contributed by atoms with E-state index in [2.05, 4.69) is 4.90 Å². The third kappa shape index (κ3) is 2.74. The fraction of sp³-hybridized carbons (Fsp3) is 1.00. The summed E-state index contributed by atoms with van der Waals surface area (Å²) < 4.78 is 5.62. The van der Waals surface area contributed by atoms with Crippen molar-refractivity contribution in [2.75, 3.05) is 19.7 Å². The molecule has 0 aromatic heterocycles. The van der Waals surface area contributed by atoms with Crippen LogP contribution in [0.2, 0.25) is 0 Å². The minimum absolute atomic E-state index is 0.0731. The minimum atomic E-state index is -0.196. The first-order chi connectivity index (χ1) is 7.70. The molecule has 2 fully saturated rings. The van der Waals surface area contributed by atoms with E-state index in [4.69, 9.17) is 4.74 Å². The van der Waals surface area contributed by atoms with Crippen molar-refractivity contribution in [1.29, 1.82) is 0 Å². The molecule has 1 aliphatic heterocycles. The van der Waals surface area contributed by atoms with Crippen molar-refractivity contribution in [3.05, 3.63) is 0 Å². The predicted molar refractivity (Wildman–Crippen MR) is 61.3 cm³/mol. The number of rotatable bonds is 2. The zero-order chi connectivity index (χ0) is 11.5. The molecule has 0 bridgehead atoms. The van der Waals surface area contributed by atoms with Gasteiger partial charge in [0.05, 0.1) is 24.9 Å². The molecule has 1 heterocycles. The van der Waals surface area contributed by atoms with Crippen molar-refractivity contribution < 1.29 is 14.9 Å². The largest absolute Gasteiger partial charge is 0.394 e. The first-order valence-electron chi connectivity index (χ1n) is 6.39. The van der Waals surface area contributed by atoms with Crippen LogP contribution in [0.3, 0.4) is 0 Å². The highest BCUT2D eigenvalue weighted by atomic mass is 16.5. The van der Waals surface area contributed by atoms with Crippen LogP contribution in [-0.2, 0) is 4.74 Å². The number of hydrogen-bond donors (Lipinski definition) is 2. The lowest BCUT2D eigenvalue weighted by Crippen LogP contribution is -2.55. The summed E-state index contributed by atoms with van der Waals surface area (Å²) in [5.41, 5.74) is 0. The summed E-state index contributed by atoms with van der Waals surface area (Å²) in [6.07, 6.45) is 4.21. The maximum absolute atomic E-state index is 10.0. The second kappa shape index (κ2) is 5.45. The molecule has 16 heavy (non-hydrogen) atoms. The van der Waals surface area contributed by atoms with Crippen LogP contribution in [0.15, 0.2) is 0 Å². The first-order valence-corrected chi connectivity index (χ1v) is 6.39. The van der Waals surface area contributed by atoms with Crippen LogP contribution < -0.4 is 0 Å². The highest BCUT2D eigenvalue weighted by molar-refractivity contribution is 4.87. The molecule has 2 unspecified atom stereocenters. The molecule has 0 aromatic carbocycles. The quantitative estimate of drug-likeness (QED) is 0.718. The van der Waals surface area contributed by atoms with Gasteiger partial charge >= 0.3 is 0 Å². The Labute approximate surface area is 97.2 Å². The zero-order valence-electron chi connectivity index (χ0n) is 10.0. The van der Waals surface area contributed by atoms with E-state index in [1.165, 1.54) is 6.42 Å². The fourth-order valence-electron chi connectivity index (χ4n) is 2.97. The predicted octanol–water partition coefficient (Wildman–Crippen LogP) is 0.371. The van der Waals surface area contributed by atoms with Gasteiger partial charge in [0, 0.05) is 19.1 Å².